The van der Waals surface area contributed by atoms with Crippen LogP contribution in [0.2, 0.25) is 10.0 Å². The van der Waals surface area contributed by atoms with Crippen LogP contribution in [0.4, 0.5) is 11.4 Å². The summed E-state index contributed by atoms with van der Waals surface area (Å²) in [6, 6.07) is 6.55. The van der Waals surface area contributed by atoms with Crippen molar-refractivity contribution < 1.29 is 14.3 Å². The molecule has 0 aromatic heterocycles. The molecule has 24 heavy (non-hydrogen) atoms. The van der Waals surface area contributed by atoms with Gasteiger partial charge in [0.05, 0.1) is 17.8 Å². The molecule has 0 radical (unpaired) electrons. The number of aryl methyl sites for hydroxylation is 1. The Hall–Kier alpha value is -1.63. The first-order chi connectivity index (χ1) is 11.3. The summed E-state index contributed by atoms with van der Waals surface area (Å²) >= 11 is 15.3. The van der Waals surface area contributed by atoms with E-state index < -0.39 is 0 Å². The third kappa shape index (κ3) is 4.47. The molecule has 2 aromatic carbocycles. The molecule has 0 spiro atoms. The zero-order valence-electron chi connectivity index (χ0n) is 13.0. The van der Waals surface area contributed by atoms with Crippen LogP contribution in [0.3, 0.4) is 0 Å². The van der Waals surface area contributed by atoms with Gasteiger partial charge in [0.15, 0.2) is 6.61 Å². The number of anilines is 2. The smallest absolute Gasteiger partial charge is 0.262 e. The lowest BCUT2D eigenvalue weighted by atomic mass is 10.2. The molecule has 0 unspecified atom stereocenters. The lowest BCUT2D eigenvalue weighted by Crippen LogP contribution is -2.21. The predicted octanol–water partition coefficient (Wildman–Crippen LogP) is 4.67. The SMILES string of the molecule is COc1cc(N)cc(Br)c1NC(=O)COc1c(C)cc(Cl)cc1Cl. The van der Waals surface area contributed by atoms with Gasteiger partial charge in [0.1, 0.15) is 11.5 Å². The minimum atomic E-state index is -0.371. The van der Waals surface area contributed by atoms with E-state index in [-0.39, 0.29) is 12.5 Å². The first-order valence-electron chi connectivity index (χ1n) is 6.83. The fourth-order valence-corrected chi connectivity index (χ4v) is 3.28. The number of carbonyl (C=O) groups is 1. The minimum absolute atomic E-state index is 0.220. The van der Waals surface area contributed by atoms with E-state index in [9.17, 15) is 4.79 Å². The van der Waals surface area contributed by atoms with Gasteiger partial charge in [-0.15, -0.1) is 0 Å². The van der Waals surface area contributed by atoms with Crippen LogP contribution >= 0.6 is 39.1 Å². The molecular weight excluding hydrogens is 419 g/mol. The van der Waals surface area contributed by atoms with Crippen molar-refractivity contribution in [3.05, 3.63) is 44.3 Å². The molecule has 0 fully saturated rings. The molecule has 8 heteroatoms. The van der Waals surface area contributed by atoms with Gasteiger partial charge in [0.2, 0.25) is 0 Å². The van der Waals surface area contributed by atoms with Gasteiger partial charge in [-0.25, -0.2) is 0 Å². The Bertz CT molecular complexity index is 761. The molecule has 1 amide bonds. The van der Waals surface area contributed by atoms with Crippen LogP contribution in [0.5, 0.6) is 11.5 Å². The summed E-state index contributed by atoms with van der Waals surface area (Å²) < 4.78 is 11.3. The molecule has 2 rings (SSSR count). The standard InChI is InChI=1S/C16H15BrCl2N2O3/c1-8-3-9(18)4-12(19)16(8)24-7-14(22)21-15-11(17)5-10(20)6-13(15)23-2/h3-6H,7,20H2,1-2H3,(H,21,22). The Labute approximate surface area is 158 Å². The molecule has 5 nitrogen and oxygen atoms in total. The van der Waals surface area contributed by atoms with Crippen LogP contribution in [0.25, 0.3) is 0 Å². The number of rotatable bonds is 5. The monoisotopic (exact) mass is 432 g/mol. The van der Waals surface area contributed by atoms with E-state index in [4.69, 9.17) is 38.4 Å². The fourth-order valence-electron chi connectivity index (χ4n) is 2.07. The highest BCUT2D eigenvalue weighted by Crippen LogP contribution is 2.35. The van der Waals surface area contributed by atoms with E-state index in [1.165, 1.54) is 7.11 Å². The second kappa shape index (κ2) is 7.96. The molecule has 3 N–H and O–H groups in total. The average Bonchev–Trinajstić information content (AvgIpc) is 2.48. The zero-order chi connectivity index (χ0) is 17.9. The number of benzene rings is 2. The summed E-state index contributed by atoms with van der Waals surface area (Å²) in [6.07, 6.45) is 0. The summed E-state index contributed by atoms with van der Waals surface area (Å²) in [5.41, 5.74) is 7.47. The van der Waals surface area contributed by atoms with Crippen molar-refractivity contribution in [1.29, 1.82) is 0 Å². The highest BCUT2D eigenvalue weighted by atomic mass is 79.9. The molecule has 0 saturated carbocycles. The van der Waals surface area contributed by atoms with E-state index in [2.05, 4.69) is 21.2 Å². The molecule has 0 heterocycles. The van der Waals surface area contributed by atoms with Crippen molar-refractivity contribution in [3.8, 4) is 11.5 Å². The number of hydrogen-bond donors (Lipinski definition) is 2. The highest BCUT2D eigenvalue weighted by molar-refractivity contribution is 9.10. The van der Waals surface area contributed by atoms with Crippen molar-refractivity contribution in [2.45, 2.75) is 6.92 Å². The van der Waals surface area contributed by atoms with Gasteiger partial charge in [0, 0.05) is 21.2 Å². The van der Waals surface area contributed by atoms with Crippen molar-refractivity contribution >= 4 is 56.4 Å². The van der Waals surface area contributed by atoms with Gasteiger partial charge in [0.25, 0.3) is 5.91 Å². The first-order valence-corrected chi connectivity index (χ1v) is 8.38. The number of methoxy groups -OCH3 is 1. The normalized spacial score (nSPS) is 10.4. The van der Waals surface area contributed by atoms with Crippen LogP contribution in [-0.4, -0.2) is 19.6 Å². The van der Waals surface area contributed by atoms with Gasteiger partial charge < -0.3 is 20.5 Å². The molecule has 0 aliphatic heterocycles. The van der Waals surface area contributed by atoms with Gasteiger partial charge in [-0.1, -0.05) is 23.2 Å². The van der Waals surface area contributed by atoms with E-state index in [0.29, 0.717) is 37.4 Å². The van der Waals surface area contributed by atoms with Crippen molar-refractivity contribution in [3.63, 3.8) is 0 Å². The molecule has 0 saturated heterocycles. The van der Waals surface area contributed by atoms with Gasteiger partial charge >= 0.3 is 0 Å². The summed E-state index contributed by atoms with van der Waals surface area (Å²) in [7, 11) is 1.49. The second-order valence-electron chi connectivity index (χ2n) is 4.95. The number of carbonyl (C=O) groups excluding carboxylic acids is 1. The Morgan fingerprint density at radius 3 is 2.62 bits per heavy atom. The van der Waals surface area contributed by atoms with Crippen molar-refractivity contribution in [1.82, 2.24) is 0 Å². The molecule has 128 valence electrons. The number of nitrogens with one attached hydrogen (secondary N) is 1. The number of amides is 1. The molecule has 0 bridgehead atoms. The van der Waals surface area contributed by atoms with Gasteiger partial charge in [-0.2, -0.15) is 0 Å². The third-order valence-electron chi connectivity index (χ3n) is 3.10. The number of hydrogen-bond acceptors (Lipinski definition) is 4. The van der Waals surface area contributed by atoms with Crippen LogP contribution in [0, 0.1) is 6.92 Å². The van der Waals surface area contributed by atoms with Crippen LogP contribution in [0.1, 0.15) is 5.56 Å². The van der Waals surface area contributed by atoms with E-state index >= 15 is 0 Å². The van der Waals surface area contributed by atoms with E-state index in [1.807, 2.05) is 0 Å². The number of nitrogen functional groups attached to an aromatic ring is 1. The maximum atomic E-state index is 12.2. The Balaban J connectivity index is 2.10. The zero-order valence-corrected chi connectivity index (χ0v) is 16.1. The summed E-state index contributed by atoms with van der Waals surface area (Å²) in [6.45, 7) is 1.58. The van der Waals surface area contributed by atoms with E-state index in [1.54, 1.807) is 31.2 Å². The third-order valence-corrected chi connectivity index (χ3v) is 4.23. The average molecular weight is 434 g/mol. The number of ether oxygens (including phenoxy) is 2. The van der Waals surface area contributed by atoms with Crippen molar-refractivity contribution in [2.24, 2.45) is 0 Å². The van der Waals surface area contributed by atoms with Crippen LogP contribution < -0.4 is 20.5 Å². The quantitative estimate of drug-likeness (QED) is 0.671. The highest BCUT2D eigenvalue weighted by Gasteiger charge is 2.14. The Kier molecular flexibility index (Phi) is 6.21. The van der Waals surface area contributed by atoms with Crippen LogP contribution in [0.15, 0.2) is 28.7 Å². The molecule has 0 atom stereocenters. The first kappa shape index (κ1) is 18.7. The van der Waals surface area contributed by atoms with Crippen molar-refractivity contribution in [2.75, 3.05) is 24.8 Å². The lowest BCUT2D eigenvalue weighted by molar-refractivity contribution is -0.118. The Morgan fingerprint density at radius 1 is 1.29 bits per heavy atom. The Morgan fingerprint density at radius 2 is 2.00 bits per heavy atom. The molecular formula is C16H15BrCl2N2O3. The summed E-state index contributed by atoms with van der Waals surface area (Å²) in [4.78, 5) is 12.2. The lowest BCUT2D eigenvalue weighted by Gasteiger charge is -2.14. The van der Waals surface area contributed by atoms with Gasteiger partial charge in [-0.3, -0.25) is 4.79 Å². The predicted molar refractivity (Wildman–Crippen MR) is 100 cm³/mol. The molecule has 0 aliphatic rings. The summed E-state index contributed by atoms with van der Waals surface area (Å²) in [5.74, 6) is 0.486. The van der Waals surface area contributed by atoms with Crippen LogP contribution in [-0.2, 0) is 4.79 Å². The van der Waals surface area contributed by atoms with Gasteiger partial charge in [-0.05, 0) is 46.6 Å². The summed E-state index contributed by atoms with van der Waals surface area (Å²) in [5, 5.41) is 3.57. The van der Waals surface area contributed by atoms with E-state index in [0.717, 1.165) is 5.56 Å². The largest absolute Gasteiger partial charge is 0.494 e. The topological polar surface area (TPSA) is 73.6 Å². The minimum Gasteiger partial charge on any atom is -0.494 e. The fraction of sp³-hybridized carbons (Fsp3) is 0.188. The maximum absolute atomic E-state index is 12.2. The number of halogens is 3. The number of nitrogens with two attached hydrogens (primary N) is 1. The molecule has 0 aliphatic carbocycles. The second-order valence-corrected chi connectivity index (χ2v) is 6.65. The maximum Gasteiger partial charge on any atom is 0.262 e. The molecule has 2 aromatic rings.